The molecule has 0 aliphatic carbocycles. The molecule has 1 aromatic rings. The van der Waals surface area contributed by atoms with Crippen LogP contribution in [0.2, 0.25) is 0 Å². The molecular weight excluding hydrogens is 129 g/mol. The van der Waals surface area contributed by atoms with Gasteiger partial charge in [0.05, 0.1) is 5.51 Å². The Labute approximate surface area is 61.5 Å². The van der Waals surface area contributed by atoms with E-state index in [9.17, 15) is 0 Å². The number of nitrogens with zero attached hydrogens (tertiary/aromatic N) is 1. The molecule has 0 fully saturated rings. The number of aryl methyl sites for hydroxylation is 1. The topological polar surface area (TPSA) is 12.9 Å². The quantitative estimate of drug-likeness (QED) is 0.493. The average Bonchev–Trinajstić information content (AvgIpc) is 2.23. The van der Waals surface area contributed by atoms with Crippen molar-refractivity contribution in [3.63, 3.8) is 0 Å². The zero-order valence-corrected chi connectivity index (χ0v) is 6.83. The van der Waals surface area contributed by atoms with Crippen LogP contribution in [0.25, 0.3) is 0 Å². The summed E-state index contributed by atoms with van der Waals surface area (Å²) in [6, 6.07) is 0. The molecule has 1 rings (SSSR count). The molecule has 0 saturated heterocycles. The van der Waals surface area contributed by atoms with Crippen molar-refractivity contribution >= 4 is 24.8 Å². The van der Waals surface area contributed by atoms with E-state index in [2.05, 4.69) is 4.98 Å². The molecule has 1 nitrogen and oxygen atoms in total. The highest BCUT2D eigenvalue weighted by molar-refractivity contribution is 7.10. The number of thiazole rings is 1. The zero-order valence-electron chi connectivity index (χ0n) is 6.01. The third-order valence-electron chi connectivity index (χ3n) is 0.782. The summed E-state index contributed by atoms with van der Waals surface area (Å²) in [7, 11) is 5.34. The molecule has 0 aromatic carbocycles. The van der Waals surface area contributed by atoms with Crippen LogP contribution < -0.4 is 5.59 Å². The molecule has 2 radical (unpaired) electrons. The molecule has 0 unspecified atom stereocenters. The van der Waals surface area contributed by atoms with Gasteiger partial charge in [-0.15, -0.1) is 11.3 Å². The zero-order chi connectivity index (χ0) is 7.28. The minimum absolute atomic E-state index is 0.657. The largest absolute Gasteiger partial charge is 0.261 e. The number of rotatable bonds is 0. The summed E-state index contributed by atoms with van der Waals surface area (Å²) in [5, 5.41) is 0. The van der Waals surface area contributed by atoms with Crippen LogP contribution in [-0.4, -0.2) is 12.8 Å². The summed E-state index contributed by atoms with van der Waals surface area (Å²) in [6.45, 7) is 5.95. The maximum Gasteiger partial charge on any atom is 0.143 e. The van der Waals surface area contributed by atoms with E-state index in [4.69, 9.17) is 7.85 Å². The van der Waals surface area contributed by atoms with Crippen LogP contribution in [0.4, 0.5) is 0 Å². The molecule has 0 spiro atoms. The Bertz CT molecular complexity index is 145. The van der Waals surface area contributed by atoms with E-state index >= 15 is 0 Å². The molecule has 0 atom stereocenters. The normalized spacial score (nSPS) is 7.89. The van der Waals surface area contributed by atoms with Gasteiger partial charge in [-0.25, -0.2) is 0 Å². The lowest BCUT2D eigenvalue weighted by atomic mass is 10.0. The SMILES string of the molecule is CC.[B]c1ncsc1C. The first-order chi connectivity index (χ1) is 4.30. The number of aromatic nitrogens is 1. The lowest BCUT2D eigenvalue weighted by Gasteiger charge is -1.78. The molecule has 3 heteroatoms. The van der Waals surface area contributed by atoms with Gasteiger partial charge in [0.2, 0.25) is 0 Å². The van der Waals surface area contributed by atoms with Gasteiger partial charge < -0.3 is 0 Å². The van der Waals surface area contributed by atoms with Gasteiger partial charge in [0.25, 0.3) is 0 Å². The Balaban J connectivity index is 0.000000291. The van der Waals surface area contributed by atoms with Crippen molar-refractivity contribution in [2.45, 2.75) is 20.8 Å². The summed E-state index contributed by atoms with van der Waals surface area (Å²) in [6.07, 6.45) is 0. The summed E-state index contributed by atoms with van der Waals surface area (Å²) < 4.78 is 0. The molecule has 0 aliphatic heterocycles. The van der Waals surface area contributed by atoms with Gasteiger partial charge in [0.15, 0.2) is 0 Å². The van der Waals surface area contributed by atoms with Crippen molar-refractivity contribution in [3.05, 3.63) is 10.4 Å². The second-order valence-corrected chi connectivity index (χ2v) is 2.35. The Hall–Kier alpha value is -0.305. The van der Waals surface area contributed by atoms with E-state index in [1.165, 1.54) is 0 Å². The molecule has 9 heavy (non-hydrogen) atoms. The highest BCUT2D eigenvalue weighted by Crippen LogP contribution is 1.96. The van der Waals surface area contributed by atoms with E-state index in [0.717, 1.165) is 4.88 Å². The van der Waals surface area contributed by atoms with Crippen molar-refractivity contribution in [1.82, 2.24) is 4.98 Å². The van der Waals surface area contributed by atoms with Crippen LogP contribution in [0, 0.1) is 6.92 Å². The Kier molecular flexibility index (Phi) is 4.41. The van der Waals surface area contributed by atoms with Crippen molar-refractivity contribution < 1.29 is 0 Å². The highest BCUT2D eigenvalue weighted by atomic mass is 32.1. The van der Waals surface area contributed by atoms with Crippen LogP contribution in [-0.2, 0) is 0 Å². The van der Waals surface area contributed by atoms with Crippen LogP contribution in [0.3, 0.4) is 0 Å². The third kappa shape index (κ3) is 2.66. The maximum atomic E-state index is 5.34. The van der Waals surface area contributed by atoms with Crippen molar-refractivity contribution in [2.24, 2.45) is 0 Å². The van der Waals surface area contributed by atoms with E-state index in [1.54, 1.807) is 16.8 Å². The van der Waals surface area contributed by atoms with Gasteiger partial charge in [0, 0.05) is 10.5 Å². The van der Waals surface area contributed by atoms with Gasteiger partial charge >= 0.3 is 0 Å². The fourth-order valence-electron chi connectivity index (χ4n) is 0.313. The third-order valence-corrected chi connectivity index (χ3v) is 1.56. The van der Waals surface area contributed by atoms with Crippen LogP contribution >= 0.6 is 11.3 Å². The van der Waals surface area contributed by atoms with E-state index in [-0.39, 0.29) is 0 Å². The Morgan fingerprint density at radius 2 is 2.11 bits per heavy atom. The predicted octanol–water partition coefficient (Wildman–Crippen LogP) is 1.27. The summed E-state index contributed by atoms with van der Waals surface area (Å²) in [5.41, 5.74) is 2.40. The van der Waals surface area contributed by atoms with Gasteiger partial charge in [-0.1, -0.05) is 13.8 Å². The average molecular weight is 139 g/mol. The summed E-state index contributed by atoms with van der Waals surface area (Å²) in [5.74, 6) is 0. The molecule has 0 N–H and O–H groups in total. The van der Waals surface area contributed by atoms with Crippen LogP contribution in [0.5, 0.6) is 0 Å². The number of hydrogen-bond acceptors (Lipinski definition) is 2. The van der Waals surface area contributed by atoms with Gasteiger partial charge in [-0.3, -0.25) is 4.98 Å². The number of hydrogen-bond donors (Lipinski definition) is 0. The van der Waals surface area contributed by atoms with E-state index in [0.29, 0.717) is 5.59 Å². The fraction of sp³-hybridized carbons (Fsp3) is 0.500. The van der Waals surface area contributed by atoms with Crippen molar-refractivity contribution in [2.75, 3.05) is 0 Å². The minimum atomic E-state index is 0.657. The smallest absolute Gasteiger partial charge is 0.143 e. The fourth-order valence-corrected chi connectivity index (χ4v) is 0.811. The highest BCUT2D eigenvalue weighted by Gasteiger charge is 1.88. The Morgan fingerprint density at radius 1 is 1.56 bits per heavy atom. The minimum Gasteiger partial charge on any atom is -0.261 e. The molecule has 1 heterocycles. The van der Waals surface area contributed by atoms with Crippen molar-refractivity contribution in [1.29, 1.82) is 0 Å². The molecular formula is C6H10BNS. The molecule has 0 saturated carbocycles. The van der Waals surface area contributed by atoms with Crippen molar-refractivity contribution in [3.8, 4) is 0 Å². The first-order valence-electron chi connectivity index (χ1n) is 2.96. The second-order valence-electron chi connectivity index (χ2n) is 1.29. The van der Waals surface area contributed by atoms with Crippen LogP contribution in [0.1, 0.15) is 18.7 Å². The summed E-state index contributed by atoms with van der Waals surface area (Å²) >= 11 is 1.57. The molecule has 0 aliphatic rings. The lowest BCUT2D eigenvalue weighted by Crippen LogP contribution is -2.04. The standard InChI is InChI=1S/C4H4BNS.C2H6/c1-3-4(5)6-2-7-3;1-2/h2H,1H3;1-2H3. The summed E-state index contributed by atoms with van der Waals surface area (Å²) in [4.78, 5) is 4.91. The Morgan fingerprint density at radius 3 is 2.22 bits per heavy atom. The van der Waals surface area contributed by atoms with E-state index < -0.39 is 0 Å². The van der Waals surface area contributed by atoms with Crippen LogP contribution in [0.15, 0.2) is 5.51 Å². The van der Waals surface area contributed by atoms with Gasteiger partial charge in [0.1, 0.15) is 7.85 Å². The first-order valence-corrected chi connectivity index (χ1v) is 3.84. The van der Waals surface area contributed by atoms with Gasteiger partial charge in [-0.2, -0.15) is 0 Å². The monoisotopic (exact) mass is 139 g/mol. The molecule has 0 bridgehead atoms. The predicted molar refractivity (Wildman–Crippen MR) is 43.6 cm³/mol. The lowest BCUT2D eigenvalue weighted by molar-refractivity contribution is 1.46. The second kappa shape index (κ2) is 4.56. The molecule has 0 amide bonds. The molecule has 48 valence electrons. The first kappa shape index (κ1) is 8.69. The van der Waals surface area contributed by atoms with E-state index in [1.807, 2.05) is 20.8 Å². The maximum absolute atomic E-state index is 5.34. The molecule has 1 aromatic heterocycles. The van der Waals surface area contributed by atoms with Gasteiger partial charge in [-0.05, 0) is 6.92 Å².